The average Bonchev–Trinajstić information content (AvgIpc) is 3.41. The van der Waals surface area contributed by atoms with Crippen LogP contribution < -0.4 is 10.5 Å². The number of hydrogen-bond acceptors (Lipinski definition) is 6. The van der Waals surface area contributed by atoms with Crippen LogP contribution in [0.4, 0.5) is 0 Å². The van der Waals surface area contributed by atoms with Crippen molar-refractivity contribution in [1.82, 2.24) is 19.6 Å². The summed E-state index contributed by atoms with van der Waals surface area (Å²) in [6.45, 7) is 1.93. The first kappa shape index (κ1) is 21.2. The number of nitrogens with zero attached hydrogens (tertiary/aromatic N) is 4. The molecule has 0 aliphatic rings. The number of hydrogen-bond donors (Lipinski definition) is 1. The van der Waals surface area contributed by atoms with Crippen LogP contribution in [0.15, 0.2) is 79.3 Å². The lowest BCUT2D eigenvalue weighted by Crippen LogP contribution is -2.10. The Morgan fingerprint density at radius 1 is 1.03 bits per heavy atom. The zero-order valence-corrected chi connectivity index (χ0v) is 18.4. The lowest BCUT2D eigenvalue weighted by molar-refractivity contribution is 0.100. The molecule has 4 heterocycles. The van der Waals surface area contributed by atoms with E-state index in [4.69, 9.17) is 15.5 Å². The molecule has 5 aromatic rings. The van der Waals surface area contributed by atoms with Gasteiger partial charge in [-0.1, -0.05) is 24.3 Å². The highest BCUT2D eigenvalue weighted by molar-refractivity contribution is 7.17. The quantitative estimate of drug-likeness (QED) is 0.437. The highest BCUT2D eigenvalue weighted by Gasteiger charge is 2.23. The predicted octanol–water partition coefficient (Wildman–Crippen LogP) is 4.62. The van der Waals surface area contributed by atoms with Crippen LogP contribution in [0.1, 0.15) is 15.4 Å². The Bertz CT molecular complexity index is 1330. The van der Waals surface area contributed by atoms with Gasteiger partial charge < -0.3 is 10.5 Å². The number of carbonyl (C=O) groups excluding carboxylic acids is 1. The van der Waals surface area contributed by atoms with Crippen LogP contribution in [0.5, 0.6) is 5.75 Å². The first-order valence-corrected chi connectivity index (χ1v) is 10.6. The maximum absolute atomic E-state index is 12.1. The number of carbonyl (C=O) groups is 1. The van der Waals surface area contributed by atoms with Crippen LogP contribution in [0, 0.1) is 6.92 Å². The fraction of sp³-hybridized carbons (Fsp3) is 0.0833. The van der Waals surface area contributed by atoms with Crippen molar-refractivity contribution in [1.29, 1.82) is 0 Å². The molecule has 0 radical (unpaired) electrons. The van der Waals surface area contributed by atoms with Crippen molar-refractivity contribution in [2.45, 2.75) is 6.92 Å². The molecule has 2 N–H and O–H groups in total. The Labute approximate surface area is 189 Å². The number of aryl methyl sites for hydroxylation is 1. The van der Waals surface area contributed by atoms with E-state index in [-0.39, 0.29) is 0 Å². The second-order valence-electron chi connectivity index (χ2n) is 6.78. The number of fused-ring (bicyclic) bond motifs is 1. The zero-order valence-electron chi connectivity index (χ0n) is 17.6. The third-order valence-electron chi connectivity index (χ3n) is 4.71. The standard InChI is InChI=1S/C19H16N4O2S.C5H5N/c1-11-15(13-8-5-6-10-23(13)22-11)19-21-16(17(26-19)18(20)24)12-7-3-4-9-14(12)25-2;1-2-4-6-5-3-1/h3-10H,1-2H3,(H2,20,24);1-5H. The van der Waals surface area contributed by atoms with Gasteiger partial charge in [-0.2, -0.15) is 5.10 Å². The molecule has 0 saturated carbocycles. The first-order chi connectivity index (χ1) is 15.6. The van der Waals surface area contributed by atoms with E-state index in [0.29, 0.717) is 21.3 Å². The van der Waals surface area contributed by atoms with Gasteiger partial charge in [0.05, 0.1) is 29.6 Å². The number of primary amides is 1. The molecule has 32 heavy (non-hydrogen) atoms. The third kappa shape index (κ3) is 4.21. The summed E-state index contributed by atoms with van der Waals surface area (Å²) in [6, 6.07) is 19.0. The van der Waals surface area contributed by atoms with Gasteiger partial charge in [-0.05, 0) is 43.3 Å². The van der Waals surface area contributed by atoms with E-state index < -0.39 is 5.91 Å². The second kappa shape index (κ2) is 9.40. The van der Waals surface area contributed by atoms with Crippen LogP contribution in [-0.2, 0) is 0 Å². The van der Waals surface area contributed by atoms with Crippen LogP contribution >= 0.6 is 11.3 Å². The Morgan fingerprint density at radius 3 is 2.44 bits per heavy atom. The van der Waals surface area contributed by atoms with Gasteiger partial charge in [-0.25, -0.2) is 9.50 Å². The van der Waals surface area contributed by atoms with Crippen molar-refractivity contribution in [3.63, 3.8) is 0 Å². The van der Waals surface area contributed by atoms with Crippen molar-refractivity contribution in [2.75, 3.05) is 7.11 Å². The fourth-order valence-electron chi connectivity index (χ4n) is 3.31. The molecule has 0 saturated heterocycles. The maximum Gasteiger partial charge on any atom is 0.261 e. The molecule has 0 atom stereocenters. The van der Waals surface area contributed by atoms with E-state index in [0.717, 1.165) is 22.3 Å². The van der Waals surface area contributed by atoms with E-state index in [1.54, 1.807) is 24.0 Å². The maximum atomic E-state index is 12.1. The van der Waals surface area contributed by atoms with Crippen molar-refractivity contribution in [3.8, 4) is 27.6 Å². The molecule has 7 nitrogen and oxygen atoms in total. The van der Waals surface area contributed by atoms with Crippen LogP contribution in [0.25, 0.3) is 27.3 Å². The van der Waals surface area contributed by atoms with Gasteiger partial charge in [0.2, 0.25) is 0 Å². The Morgan fingerprint density at radius 2 is 1.78 bits per heavy atom. The van der Waals surface area contributed by atoms with Gasteiger partial charge in [0, 0.05) is 24.2 Å². The third-order valence-corrected chi connectivity index (χ3v) is 5.80. The number of methoxy groups -OCH3 is 1. The summed E-state index contributed by atoms with van der Waals surface area (Å²) < 4.78 is 7.23. The molecule has 4 aromatic heterocycles. The summed E-state index contributed by atoms with van der Waals surface area (Å²) in [6.07, 6.45) is 5.38. The van der Waals surface area contributed by atoms with Gasteiger partial charge in [0.25, 0.3) is 5.91 Å². The molecule has 1 amide bonds. The molecule has 5 rings (SSSR count). The molecule has 0 fully saturated rings. The first-order valence-electron chi connectivity index (χ1n) is 9.83. The summed E-state index contributed by atoms with van der Waals surface area (Å²) in [7, 11) is 1.59. The van der Waals surface area contributed by atoms with Crippen molar-refractivity contribution in [3.05, 3.63) is 89.8 Å². The fourth-order valence-corrected chi connectivity index (χ4v) is 4.35. The summed E-state index contributed by atoms with van der Waals surface area (Å²) in [5.41, 5.74) is 9.57. The van der Waals surface area contributed by atoms with Crippen molar-refractivity contribution in [2.24, 2.45) is 5.73 Å². The van der Waals surface area contributed by atoms with Gasteiger partial charge in [-0.3, -0.25) is 9.78 Å². The lowest BCUT2D eigenvalue weighted by atomic mass is 10.1. The van der Waals surface area contributed by atoms with Gasteiger partial charge in [-0.15, -0.1) is 11.3 Å². The minimum atomic E-state index is -0.510. The van der Waals surface area contributed by atoms with Gasteiger partial charge >= 0.3 is 0 Å². The molecule has 1 aromatic carbocycles. The topological polar surface area (TPSA) is 95.4 Å². The summed E-state index contributed by atoms with van der Waals surface area (Å²) >= 11 is 1.27. The largest absolute Gasteiger partial charge is 0.496 e. The predicted molar refractivity (Wildman–Crippen MR) is 126 cm³/mol. The molecule has 0 spiro atoms. The number of benzene rings is 1. The molecule has 8 heteroatoms. The highest BCUT2D eigenvalue weighted by Crippen LogP contribution is 2.39. The number of nitrogens with two attached hydrogens (primary N) is 1. The molecule has 0 aliphatic carbocycles. The second-order valence-corrected chi connectivity index (χ2v) is 7.78. The van der Waals surface area contributed by atoms with Crippen molar-refractivity contribution < 1.29 is 9.53 Å². The number of pyridine rings is 2. The monoisotopic (exact) mass is 443 g/mol. The minimum Gasteiger partial charge on any atom is -0.496 e. The summed E-state index contributed by atoms with van der Waals surface area (Å²) in [5, 5.41) is 5.23. The summed E-state index contributed by atoms with van der Waals surface area (Å²) in [4.78, 5) is 21.0. The van der Waals surface area contributed by atoms with Crippen LogP contribution in [0.3, 0.4) is 0 Å². The molecular formula is C24H21N5O2S. The lowest BCUT2D eigenvalue weighted by Gasteiger charge is -2.06. The van der Waals surface area contributed by atoms with Crippen LogP contribution in [0.2, 0.25) is 0 Å². The number of ether oxygens (including phenoxy) is 1. The SMILES string of the molecule is COc1ccccc1-c1nc(-c2c(C)nn3ccccc23)sc1C(N)=O.c1ccncc1. The van der Waals surface area contributed by atoms with Crippen LogP contribution in [-0.4, -0.2) is 32.6 Å². The van der Waals surface area contributed by atoms with E-state index in [9.17, 15) is 4.79 Å². The van der Waals surface area contributed by atoms with E-state index in [1.807, 2.05) is 73.8 Å². The molecule has 0 bridgehead atoms. The van der Waals surface area contributed by atoms with E-state index in [2.05, 4.69) is 10.1 Å². The van der Waals surface area contributed by atoms with Gasteiger partial charge in [0.15, 0.2) is 0 Å². The van der Waals surface area contributed by atoms with E-state index in [1.165, 1.54) is 11.3 Å². The normalized spacial score (nSPS) is 10.4. The number of rotatable bonds is 4. The number of aromatic nitrogens is 4. The number of amides is 1. The molecule has 160 valence electrons. The van der Waals surface area contributed by atoms with E-state index >= 15 is 0 Å². The van der Waals surface area contributed by atoms with Crippen molar-refractivity contribution >= 4 is 22.8 Å². The molecular weight excluding hydrogens is 422 g/mol. The number of para-hydroxylation sites is 1. The zero-order chi connectivity index (χ0) is 22.5. The summed E-state index contributed by atoms with van der Waals surface area (Å²) in [5.74, 6) is 0.132. The molecule has 0 unspecified atom stereocenters. The smallest absolute Gasteiger partial charge is 0.261 e. The Kier molecular flexibility index (Phi) is 6.23. The Hall–Kier alpha value is -4.04. The molecule has 0 aliphatic heterocycles. The van der Waals surface area contributed by atoms with Gasteiger partial charge in [0.1, 0.15) is 15.6 Å². The number of thiazole rings is 1. The minimum absolute atomic E-state index is 0.402. The Balaban J connectivity index is 0.000000354. The average molecular weight is 444 g/mol. The highest BCUT2D eigenvalue weighted by atomic mass is 32.1.